The summed E-state index contributed by atoms with van der Waals surface area (Å²) in [7, 11) is 3.36. The van der Waals surface area contributed by atoms with Gasteiger partial charge in [-0.05, 0) is 81.8 Å². The number of nitrogens with zero attached hydrogens (tertiary/aromatic N) is 3. The Morgan fingerprint density at radius 2 is 1.78 bits per heavy atom. The van der Waals surface area contributed by atoms with Crippen LogP contribution in [0.15, 0.2) is 72.9 Å². The quantitative estimate of drug-likeness (QED) is 0.223. The molecule has 0 saturated carbocycles. The molecule has 1 unspecified atom stereocenters. The molecule has 3 amide bonds. The van der Waals surface area contributed by atoms with E-state index in [4.69, 9.17) is 14.2 Å². The second-order valence-corrected chi connectivity index (χ2v) is 13.3. The Balaban J connectivity index is 1.30. The van der Waals surface area contributed by atoms with E-state index in [9.17, 15) is 19.5 Å². The molecule has 2 heterocycles. The molecular weight excluding hydrogens is 650 g/mol. The van der Waals surface area contributed by atoms with Crippen molar-refractivity contribution in [2.45, 2.75) is 51.8 Å². The Hall–Kier alpha value is -5.80. The van der Waals surface area contributed by atoms with Crippen LogP contribution in [0.3, 0.4) is 0 Å². The molecule has 0 bridgehead atoms. The van der Waals surface area contributed by atoms with E-state index in [1.165, 1.54) is 4.90 Å². The molecule has 12 heteroatoms. The average molecular weight is 694 g/mol. The molecule has 2 atom stereocenters. The third-order valence-corrected chi connectivity index (χ3v) is 8.03. The van der Waals surface area contributed by atoms with Gasteiger partial charge in [0.25, 0.3) is 0 Å². The van der Waals surface area contributed by atoms with Crippen molar-refractivity contribution in [3.05, 3.63) is 95.2 Å². The van der Waals surface area contributed by atoms with Crippen molar-refractivity contribution in [1.29, 1.82) is 0 Å². The van der Waals surface area contributed by atoms with Crippen molar-refractivity contribution in [3.63, 3.8) is 0 Å². The van der Waals surface area contributed by atoms with Gasteiger partial charge in [-0.1, -0.05) is 35.6 Å². The third kappa shape index (κ3) is 9.67. The first kappa shape index (κ1) is 36.5. The molecule has 1 aliphatic heterocycles. The van der Waals surface area contributed by atoms with Gasteiger partial charge in [0.05, 0.1) is 25.9 Å². The highest BCUT2D eigenvalue weighted by molar-refractivity contribution is 5.98. The number of aryl methyl sites for hydroxylation is 2. The number of hydrogen-bond acceptors (Lipinski definition) is 8. The van der Waals surface area contributed by atoms with Gasteiger partial charge in [-0.3, -0.25) is 14.3 Å². The van der Waals surface area contributed by atoms with Crippen LogP contribution in [0.25, 0.3) is 11.3 Å². The smallest absolute Gasteiger partial charge is 0.408 e. The van der Waals surface area contributed by atoms with Crippen molar-refractivity contribution < 1.29 is 33.7 Å². The predicted octanol–water partition coefficient (Wildman–Crippen LogP) is 4.81. The minimum Gasteiger partial charge on any atom is -0.507 e. The zero-order valence-electron chi connectivity index (χ0n) is 29.6. The number of aromatic hydroxyl groups is 1. The SMILES string of the molecule is COc1ccc(C[C@H](NC(=O)OC(C)(C)C)C(=O)N2CCOCC2C(=O)Nc2ccc(C#Cc3cn(C)nc3-c3cc(C)ccc3O)cc2)cc1. The van der Waals surface area contributed by atoms with Gasteiger partial charge < -0.3 is 34.9 Å². The predicted molar refractivity (Wildman–Crippen MR) is 192 cm³/mol. The largest absolute Gasteiger partial charge is 0.507 e. The Labute approximate surface area is 297 Å². The second-order valence-electron chi connectivity index (χ2n) is 13.3. The zero-order valence-corrected chi connectivity index (χ0v) is 29.6. The number of phenols is 1. The number of benzene rings is 3. The molecule has 3 aromatic carbocycles. The van der Waals surface area contributed by atoms with Gasteiger partial charge in [-0.25, -0.2) is 4.79 Å². The van der Waals surface area contributed by atoms with Crippen molar-refractivity contribution >= 4 is 23.6 Å². The number of rotatable bonds is 8. The lowest BCUT2D eigenvalue weighted by atomic mass is 10.0. The fraction of sp³-hybridized carbons (Fsp3) is 0.333. The summed E-state index contributed by atoms with van der Waals surface area (Å²) >= 11 is 0. The highest BCUT2D eigenvalue weighted by Gasteiger charge is 2.37. The van der Waals surface area contributed by atoms with E-state index in [0.29, 0.717) is 33.8 Å². The monoisotopic (exact) mass is 693 g/mol. The van der Waals surface area contributed by atoms with Crippen molar-refractivity contribution in [2.24, 2.45) is 7.05 Å². The Morgan fingerprint density at radius 3 is 2.47 bits per heavy atom. The van der Waals surface area contributed by atoms with Crippen molar-refractivity contribution in [1.82, 2.24) is 20.0 Å². The van der Waals surface area contributed by atoms with Crippen LogP contribution in [0.5, 0.6) is 11.5 Å². The normalized spacial score (nSPS) is 14.9. The van der Waals surface area contributed by atoms with Crippen LogP contribution in [-0.4, -0.2) is 82.2 Å². The number of aromatic nitrogens is 2. The molecule has 1 saturated heterocycles. The van der Waals surface area contributed by atoms with E-state index in [1.54, 1.807) is 88.3 Å². The van der Waals surface area contributed by atoms with E-state index in [2.05, 4.69) is 27.6 Å². The lowest BCUT2D eigenvalue weighted by Crippen LogP contribution is -2.60. The van der Waals surface area contributed by atoms with Crippen LogP contribution in [0, 0.1) is 18.8 Å². The minimum absolute atomic E-state index is 0.00718. The van der Waals surface area contributed by atoms with E-state index in [1.807, 2.05) is 31.2 Å². The summed E-state index contributed by atoms with van der Waals surface area (Å²) in [5.41, 5.74) is 4.05. The molecule has 1 fully saturated rings. The fourth-order valence-electron chi connectivity index (χ4n) is 5.55. The third-order valence-electron chi connectivity index (χ3n) is 8.03. The first-order valence-electron chi connectivity index (χ1n) is 16.6. The average Bonchev–Trinajstić information content (AvgIpc) is 3.47. The van der Waals surface area contributed by atoms with Crippen LogP contribution < -0.4 is 15.4 Å². The molecule has 1 aliphatic rings. The summed E-state index contributed by atoms with van der Waals surface area (Å²) in [6.07, 6.45) is 1.23. The summed E-state index contributed by atoms with van der Waals surface area (Å²) in [6, 6.07) is 17.6. The number of amides is 3. The number of hydrogen-bond donors (Lipinski definition) is 3. The summed E-state index contributed by atoms with van der Waals surface area (Å²) in [6.45, 7) is 7.56. The number of methoxy groups -OCH3 is 1. The van der Waals surface area contributed by atoms with Crippen LogP contribution in [-0.2, 0) is 32.5 Å². The van der Waals surface area contributed by atoms with Gasteiger partial charge >= 0.3 is 6.09 Å². The summed E-state index contributed by atoms with van der Waals surface area (Å²) in [5, 5.41) is 20.6. The van der Waals surface area contributed by atoms with E-state index < -0.39 is 35.6 Å². The highest BCUT2D eigenvalue weighted by atomic mass is 16.6. The molecular formula is C39H43N5O7. The number of carbonyl (C=O) groups excluding carboxylic acids is 3. The van der Waals surface area contributed by atoms with Crippen molar-refractivity contribution in [2.75, 3.05) is 32.2 Å². The fourth-order valence-corrected chi connectivity index (χ4v) is 5.55. The van der Waals surface area contributed by atoms with Crippen LogP contribution in [0.1, 0.15) is 43.0 Å². The topological polar surface area (TPSA) is 144 Å². The summed E-state index contributed by atoms with van der Waals surface area (Å²) in [4.78, 5) is 41.9. The standard InChI is InChI=1S/C39H43N5O7/c1-25-7-18-34(45)31(21-25)35-28(23-43(5)42-35)13-8-26-9-14-29(15-10-26)40-36(46)33-24-50-20-19-44(33)37(47)32(41-38(48)51-39(2,3)4)22-27-11-16-30(49-6)17-12-27/h7,9-12,14-18,21,23,32-33,45H,19-20,22,24H2,1-6H3,(H,40,46)(H,41,48)/t32-,33?/m0/s1. The van der Waals surface area contributed by atoms with Crippen molar-refractivity contribution in [3.8, 4) is 34.6 Å². The molecule has 266 valence electrons. The van der Waals surface area contributed by atoms with Gasteiger partial charge in [0.2, 0.25) is 11.8 Å². The van der Waals surface area contributed by atoms with Crippen LogP contribution >= 0.6 is 0 Å². The Kier molecular flexibility index (Phi) is 11.3. The number of carbonyl (C=O) groups is 3. The van der Waals surface area contributed by atoms with E-state index >= 15 is 0 Å². The zero-order chi connectivity index (χ0) is 36.7. The Morgan fingerprint density at radius 1 is 1.06 bits per heavy atom. The number of morpholine rings is 1. The second kappa shape index (κ2) is 15.8. The maximum atomic E-state index is 14.0. The molecule has 1 aromatic heterocycles. The molecule has 0 spiro atoms. The van der Waals surface area contributed by atoms with Gasteiger partial charge in [0.15, 0.2) is 0 Å². The van der Waals surface area contributed by atoms with E-state index in [0.717, 1.165) is 11.1 Å². The maximum Gasteiger partial charge on any atom is 0.408 e. The molecule has 3 N–H and O–H groups in total. The molecule has 12 nitrogen and oxygen atoms in total. The minimum atomic E-state index is -1.00. The Bertz CT molecular complexity index is 1940. The number of alkyl carbamates (subject to hydrolysis) is 1. The number of nitrogens with one attached hydrogen (secondary N) is 2. The van der Waals surface area contributed by atoms with Crippen LogP contribution in [0.2, 0.25) is 0 Å². The number of ether oxygens (including phenoxy) is 3. The summed E-state index contributed by atoms with van der Waals surface area (Å²) < 4.78 is 18.0. The molecule has 4 aromatic rings. The maximum absolute atomic E-state index is 14.0. The summed E-state index contributed by atoms with van der Waals surface area (Å²) in [5.74, 6) is 6.20. The lowest BCUT2D eigenvalue weighted by Gasteiger charge is -2.37. The number of phenolic OH excluding ortho intramolecular Hbond substituents is 1. The first-order chi connectivity index (χ1) is 24.3. The van der Waals surface area contributed by atoms with Gasteiger partial charge in [-0.2, -0.15) is 5.10 Å². The lowest BCUT2D eigenvalue weighted by molar-refractivity contribution is -0.148. The first-order valence-corrected chi connectivity index (χ1v) is 16.6. The van der Waals surface area contributed by atoms with Gasteiger partial charge in [0.1, 0.15) is 34.9 Å². The van der Waals surface area contributed by atoms with Gasteiger partial charge in [-0.15, -0.1) is 0 Å². The highest BCUT2D eigenvalue weighted by Crippen LogP contribution is 2.31. The van der Waals surface area contributed by atoms with Crippen LogP contribution in [0.4, 0.5) is 10.5 Å². The molecule has 0 radical (unpaired) electrons. The molecule has 5 rings (SSSR count). The molecule has 0 aliphatic carbocycles. The molecule has 51 heavy (non-hydrogen) atoms. The van der Waals surface area contributed by atoms with E-state index in [-0.39, 0.29) is 31.9 Å². The van der Waals surface area contributed by atoms with Gasteiger partial charge in [0, 0.05) is 43.0 Å². The number of anilines is 1.